The average molecular weight is 233 g/mol. The van der Waals surface area contributed by atoms with Crippen LogP contribution in [0.25, 0.3) is 0 Å². The third kappa shape index (κ3) is 4.98. The Bertz CT molecular complexity index is 268. The van der Waals surface area contributed by atoms with Crippen LogP contribution in [0.2, 0.25) is 0 Å². The summed E-state index contributed by atoms with van der Waals surface area (Å²) in [6, 6.07) is 0. The molecule has 15 heavy (non-hydrogen) atoms. The molecular weight excluding hydrogens is 210 g/mol. The maximum atomic E-state index is 11.0. The lowest BCUT2D eigenvalue weighted by molar-refractivity contribution is 0.324. The van der Waals surface area contributed by atoms with Crippen molar-refractivity contribution in [3.63, 3.8) is 0 Å². The molecule has 0 aliphatic heterocycles. The molecule has 0 amide bonds. The predicted octanol–water partition coefficient (Wildman–Crippen LogP) is 1.58. The summed E-state index contributed by atoms with van der Waals surface area (Å²) in [6.07, 6.45) is 8.30. The maximum absolute atomic E-state index is 11.0. The molecule has 1 aliphatic rings. The van der Waals surface area contributed by atoms with E-state index in [2.05, 4.69) is 0 Å². The third-order valence-corrected chi connectivity index (χ3v) is 4.49. The van der Waals surface area contributed by atoms with Crippen LogP contribution in [0.1, 0.15) is 38.5 Å². The van der Waals surface area contributed by atoms with Gasteiger partial charge in [0.2, 0.25) is 0 Å². The van der Waals surface area contributed by atoms with Crippen molar-refractivity contribution in [2.24, 2.45) is 17.6 Å². The van der Waals surface area contributed by atoms with Crippen molar-refractivity contribution in [2.75, 3.05) is 18.6 Å². The summed E-state index contributed by atoms with van der Waals surface area (Å²) in [5.74, 6) is 1.62. The van der Waals surface area contributed by atoms with Gasteiger partial charge in [-0.15, -0.1) is 0 Å². The maximum Gasteiger partial charge on any atom is 0.147 e. The van der Waals surface area contributed by atoms with Gasteiger partial charge in [0.25, 0.3) is 0 Å². The fraction of sp³-hybridized carbons (Fsp3) is 1.00. The summed E-state index contributed by atoms with van der Waals surface area (Å²) in [4.78, 5) is 0. The second kappa shape index (κ2) is 5.85. The van der Waals surface area contributed by atoms with Crippen molar-refractivity contribution in [1.29, 1.82) is 0 Å². The molecular formula is C11H23NO2S. The molecule has 0 heterocycles. The molecule has 0 spiro atoms. The number of hydrogen-bond acceptors (Lipinski definition) is 3. The van der Waals surface area contributed by atoms with Crippen LogP contribution < -0.4 is 5.73 Å². The largest absolute Gasteiger partial charge is 0.330 e. The molecule has 0 aromatic heterocycles. The van der Waals surface area contributed by atoms with Crippen LogP contribution >= 0.6 is 0 Å². The molecule has 1 rings (SSSR count). The lowest BCUT2D eigenvalue weighted by Crippen LogP contribution is -2.22. The van der Waals surface area contributed by atoms with Crippen LogP contribution in [-0.4, -0.2) is 27.0 Å². The summed E-state index contributed by atoms with van der Waals surface area (Å²) in [6.45, 7) is 0.717. The topological polar surface area (TPSA) is 60.2 Å². The molecule has 1 aliphatic carbocycles. The molecule has 1 fully saturated rings. The first-order chi connectivity index (χ1) is 7.03. The molecule has 1 atom stereocenters. The van der Waals surface area contributed by atoms with E-state index in [0.29, 0.717) is 18.2 Å². The zero-order valence-corrected chi connectivity index (χ0v) is 10.4. The highest BCUT2D eigenvalue weighted by Gasteiger charge is 2.23. The van der Waals surface area contributed by atoms with E-state index in [0.717, 1.165) is 18.8 Å². The summed E-state index contributed by atoms with van der Waals surface area (Å²) in [5.41, 5.74) is 5.75. The lowest BCUT2D eigenvalue weighted by Gasteiger charge is -2.21. The molecule has 0 radical (unpaired) electrons. The molecule has 1 unspecified atom stereocenters. The molecule has 0 bridgehead atoms. The highest BCUT2D eigenvalue weighted by Crippen LogP contribution is 2.33. The number of nitrogens with two attached hydrogens (primary N) is 1. The Morgan fingerprint density at radius 2 is 1.93 bits per heavy atom. The first-order valence-corrected chi connectivity index (χ1v) is 7.97. The van der Waals surface area contributed by atoms with Crippen molar-refractivity contribution in [3.05, 3.63) is 0 Å². The zero-order valence-electron chi connectivity index (χ0n) is 9.61. The first kappa shape index (κ1) is 13.0. The van der Waals surface area contributed by atoms with Crippen LogP contribution in [0.4, 0.5) is 0 Å². The molecule has 4 heteroatoms. The van der Waals surface area contributed by atoms with Gasteiger partial charge in [0.15, 0.2) is 0 Å². The van der Waals surface area contributed by atoms with Gasteiger partial charge < -0.3 is 5.73 Å². The van der Waals surface area contributed by atoms with Gasteiger partial charge in [0.1, 0.15) is 9.84 Å². The Hall–Kier alpha value is -0.0900. The van der Waals surface area contributed by atoms with Gasteiger partial charge >= 0.3 is 0 Å². The fourth-order valence-electron chi connectivity index (χ4n) is 2.58. The van der Waals surface area contributed by atoms with E-state index in [-0.39, 0.29) is 0 Å². The zero-order chi connectivity index (χ0) is 11.3. The summed E-state index contributed by atoms with van der Waals surface area (Å²) in [7, 11) is -2.79. The van der Waals surface area contributed by atoms with Crippen molar-refractivity contribution >= 4 is 9.84 Å². The Labute approximate surface area is 93.3 Å². The minimum absolute atomic E-state index is 0.316. The van der Waals surface area contributed by atoms with E-state index >= 15 is 0 Å². The summed E-state index contributed by atoms with van der Waals surface area (Å²) >= 11 is 0. The third-order valence-electron chi connectivity index (χ3n) is 3.46. The Morgan fingerprint density at radius 3 is 2.40 bits per heavy atom. The van der Waals surface area contributed by atoms with Gasteiger partial charge in [0.05, 0.1) is 0 Å². The van der Waals surface area contributed by atoms with Gasteiger partial charge in [0, 0.05) is 12.0 Å². The molecule has 0 aromatic rings. The monoisotopic (exact) mass is 233 g/mol. The SMILES string of the molecule is CS(=O)(=O)CCCC(CN)C1CCCC1. The van der Waals surface area contributed by atoms with Crippen LogP contribution in [0, 0.1) is 11.8 Å². The van der Waals surface area contributed by atoms with Crippen LogP contribution in [-0.2, 0) is 9.84 Å². The minimum Gasteiger partial charge on any atom is -0.330 e. The number of hydrogen-bond donors (Lipinski definition) is 1. The Morgan fingerprint density at radius 1 is 1.33 bits per heavy atom. The molecule has 2 N–H and O–H groups in total. The van der Waals surface area contributed by atoms with Gasteiger partial charge in [-0.05, 0) is 31.2 Å². The standard InChI is InChI=1S/C11H23NO2S/c1-15(13,14)8-4-7-11(9-12)10-5-2-3-6-10/h10-11H,2-9,12H2,1H3. The molecule has 0 aromatic carbocycles. The van der Waals surface area contributed by atoms with Crippen molar-refractivity contribution in [2.45, 2.75) is 38.5 Å². The van der Waals surface area contributed by atoms with Crippen molar-refractivity contribution in [1.82, 2.24) is 0 Å². The highest BCUT2D eigenvalue weighted by molar-refractivity contribution is 7.90. The highest BCUT2D eigenvalue weighted by atomic mass is 32.2. The average Bonchev–Trinajstić information content (AvgIpc) is 2.63. The van der Waals surface area contributed by atoms with Crippen molar-refractivity contribution in [3.8, 4) is 0 Å². The van der Waals surface area contributed by atoms with Crippen LogP contribution in [0.5, 0.6) is 0 Å². The summed E-state index contributed by atoms with van der Waals surface area (Å²) < 4.78 is 22.0. The quantitative estimate of drug-likeness (QED) is 0.757. The second-order valence-corrected chi connectivity index (χ2v) is 7.07. The first-order valence-electron chi connectivity index (χ1n) is 5.90. The van der Waals surface area contributed by atoms with E-state index in [9.17, 15) is 8.42 Å². The van der Waals surface area contributed by atoms with E-state index in [4.69, 9.17) is 5.73 Å². The van der Waals surface area contributed by atoms with Gasteiger partial charge in [-0.3, -0.25) is 0 Å². The van der Waals surface area contributed by atoms with E-state index in [1.807, 2.05) is 0 Å². The normalized spacial score (nSPS) is 20.7. The van der Waals surface area contributed by atoms with Gasteiger partial charge in [-0.2, -0.15) is 0 Å². The minimum atomic E-state index is -2.79. The number of sulfone groups is 1. The Kier molecular flexibility index (Phi) is 5.06. The van der Waals surface area contributed by atoms with Gasteiger partial charge in [-0.1, -0.05) is 25.7 Å². The summed E-state index contributed by atoms with van der Waals surface area (Å²) in [5, 5.41) is 0. The van der Waals surface area contributed by atoms with Crippen molar-refractivity contribution < 1.29 is 8.42 Å². The smallest absolute Gasteiger partial charge is 0.147 e. The molecule has 0 saturated heterocycles. The number of rotatable bonds is 6. The van der Waals surface area contributed by atoms with Gasteiger partial charge in [-0.25, -0.2) is 8.42 Å². The predicted molar refractivity (Wildman–Crippen MR) is 63.4 cm³/mol. The van der Waals surface area contributed by atoms with E-state index in [1.54, 1.807) is 0 Å². The van der Waals surface area contributed by atoms with E-state index < -0.39 is 9.84 Å². The lowest BCUT2D eigenvalue weighted by atomic mass is 9.87. The Balaban J connectivity index is 2.27. The molecule has 1 saturated carbocycles. The van der Waals surface area contributed by atoms with Crippen LogP contribution in [0.3, 0.4) is 0 Å². The van der Waals surface area contributed by atoms with Crippen LogP contribution in [0.15, 0.2) is 0 Å². The fourth-order valence-corrected chi connectivity index (χ4v) is 3.27. The second-order valence-electron chi connectivity index (χ2n) is 4.81. The molecule has 3 nitrogen and oxygen atoms in total. The molecule has 90 valence electrons. The van der Waals surface area contributed by atoms with E-state index in [1.165, 1.54) is 31.9 Å².